The van der Waals surface area contributed by atoms with Crippen molar-refractivity contribution in [3.05, 3.63) is 0 Å². The normalized spacial score (nSPS) is 11.0. The van der Waals surface area contributed by atoms with Gasteiger partial charge in [0, 0.05) is 42.2 Å². The van der Waals surface area contributed by atoms with Gasteiger partial charge >= 0.3 is 0 Å². The molecule has 0 bridgehead atoms. The zero-order valence-electron chi connectivity index (χ0n) is 16.9. The molecule has 0 saturated heterocycles. The number of amides is 1. The summed E-state index contributed by atoms with van der Waals surface area (Å²) in [5, 5.41) is 6.14. The van der Waals surface area contributed by atoms with E-state index in [2.05, 4.69) is 24.5 Å². The van der Waals surface area contributed by atoms with Gasteiger partial charge < -0.3 is 29.6 Å². The van der Waals surface area contributed by atoms with Crippen molar-refractivity contribution in [2.45, 2.75) is 46.0 Å². The first kappa shape index (κ1) is 25.3. The van der Waals surface area contributed by atoms with Gasteiger partial charge in [-0.15, -0.1) is 0 Å². The Labute approximate surface area is 162 Å². The Hall–Kier alpha value is -0.730. The molecule has 0 aromatic heterocycles. The second kappa shape index (κ2) is 22.3. The second-order valence-electron chi connectivity index (χ2n) is 5.96. The summed E-state index contributed by atoms with van der Waals surface area (Å²) in [6.45, 7) is 12.0. The monoisotopic (exact) mass is 380 g/mol. The third-order valence-electron chi connectivity index (χ3n) is 3.46. The number of rotatable bonds is 21. The molecular formula is C19H44N2O5. The Bertz CT molecular complexity index is 303. The van der Waals surface area contributed by atoms with Crippen LogP contribution in [0.2, 0.25) is 0 Å². The molecule has 0 saturated carbocycles. The molecule has 0 radical (unpaired) electrons. The number of carbonyl (C=O) groups is 1. The molecule has 2 N–H and O–H groups in total. The van der Waals surface area contributed by atoms with Crippen molar-refractivity contribution in [3.63, 3.8) is 0 Å². The van der Waals surface area contributed by atoms with Gasteiger partial charge in [0.15, 0.2) is 0 Å². The standard InChI is InChI=1S/C19H40N2O5.2H2/c1-3-11-23-12-5-8-19(22)21-10-7-14-25-16-18-26-17-15-24-13-6-9-20-4-2;;/h20H,3-18H2,1-2H3,(H,21,22);2*1H. The zero-order chi connectivity index (χ0) is 19.1. The van der Waals surface area contributed by atoms with Crippen molar-refractivity contribution in [2.24, 2.45) is 0 Å². The maximum Gasteiger partial charge on any atom is 0.220 e. The van der Waals surface area contributed by atoms with E-state index in [4.69, 9.17) is 18.9 Å². The first-order valence-electron chi connectivity index (χ1n) is 10.1. The number of ether oxygens (including phenoxy) is 4. The maximum absolute atomic E-state index is 11.6. The lowest BCUT2D eigenvalue weighted by molar-refractivity contribution is -0.121. The largest absolute Gasteiger partial charge is 0.381 e. The Kier molecular flexibility index (Phi) is 21.7. The van der Waals surface area contributed by atoms with E-state index >= 15 is 0 Å². The molecule has 7 heteroatoms. The van der Waals surface area contributed by atoms with Crippen molar-refractivity contribution in [3.8, 4) is 0 Å². The van der Waals surface area contributed by atoms with Gasteiger partial charge in [0.1, 0.15) is 0 Å². The fourth-order valence-electron chi connectivity index (χ4n) is 2.09. The first-order chi connectivity index (χ1) is 12.8. The zero-order valence-corrected chi connectivity index (χ0v) is 16.9. The lowest BCUT2D eigenvalue weighted by atomic mass is 10.3. The van der Waals surface area contributed by atoms with Gasteiger partial charge in [0.05, 0.1) is 26.4 Å². The molecule has 0 heterocycles. The van der Waals surface area contributed by atoms with E-state index in [1.165, 1.54) is 0 Å². The van der Waals surface area contributed by atoms with Crippen LogP contribution in [0.15, 0.2) is 0 Å². The topological polar surface area (TPSA) is 78.1 Å². The molecule has 0 rings (SSSR count). The van der Waals surface area contributed by atoms with Gasteiger partial charge in [-0.05, 0) is 38.8 Å². The smallest absolute Gasteiger partial charge is 0.220 e. The van der Waals surface area contributed by atoms with E-state index in [1.54, 1.807) is 0 Å². The number of hydrogen-bond acceptors (Lipinski definition) is 6. The van der Waals surface area contributed by atoms with E-state index in [1.807, 2.05) is 0 Å². The van der Waals surface area contributed by atoms with E-state index < -0.39 is 0 Å². The fourth-order valence-corrected chi connectivity index (χ4v) is 2.09. The molecule has 0 aliphatic heterocycles. The van der Waals surface area contributed by atoms with Crippen LogP contribution >= 0.6 is 0 Å². The molecule has 160 valence electrons. The molecule has 26 heavy (non-hydrogen) atoms. The van der Waals surface area contributed by atoms with Crippen LogP contribution < -0.4 is 10.6 Å². The highest BCUT2D eigenvalue weighted by molar-refractivity contribution is 5.75. The van der Waals surface area contributed by atoms with Gasteiger partial charge in [0.2, 0.25) is 5.91 Å². The van der Waals surface area contributed by atoms with Crippen LogP contribution in [0, 0.1) is 0 Å². The van der Waals surface area contributed by atoms with Crippen LogP contribution in [0.5, 0.6) is 0 Å². The van der Waals surface area contributed by atoms with E-state index in [0.717, 1.165) is 52.0 Å². The van der Waals surface area contributed by atoms with Crippen molar-refractivity contribution in [1.82, 2.24) is 10.6 Å². The minimum Gasteiger partial charge on any atom is -0.381 e. The van der Waals surface area contributed by atoms with Crippen LogP contribution in [0.1, 0.15) is 48.8 Å². The van der Waals surface area contributed by atoms with Gasteiger partial charge in [0.25, 0.3) is 0 Å². The minimum atomic E-state index is 0. The van der Waals surface area contributed by atoms with Crippen molar-refractivity contribution in [1.29, 1.82) is 0 Å². The highest BCUT2D eigenvalue weighted by Crippen LogP contribution is 1.92. The van der Waals surface area contributed by atoms with Gasteiger partial charge in [-0.25, -0.2) is 0 Å². The Balaban J connectivity index is -0.00000312. The molecule has 7 nitrogen and oxygen atoms in total. The summed E-state index contributed by atoms with van der Waals surface area (Å²) in [5.41, 5.74) is 0. The average molecular weight is 381 g/mol. The average Bonchev–Trinajstić information content (AvgIpc) is 2.64. The molecule has 0 fully saturated rings. The van der Waals surface area contributed by atoms with Crippen LogP contribution in [0.25, 0.3) is 0 Å². The molecule has 0 unspecified atom stereocenters. The SMILES string of the molecule is CCCOCCCC(=O)NCCCOCCOCCOCCCNCC.[HH].[HH]. The third kappa shape index (κ3) is 21.3. The lowest BCUT2D eigenvalue weighted by Crippen LogP contribution is -2.25. The van der Waals surface area contributed by atoms with Crippen LogP contribution in [0.3, 0.4) is 0 Å². The lowest BCUT2D eigenvalue weighted by Gasteiger charge is -2.08. The number of carbonyl (C=O) groups excluding carboxylic acids is 1. The van der Waals surface area contributed by atoms with Crippen LogP contribution in [-0.2, 0) is 23.7 Å². The third-order valence-corrected chi connectivity index (χ3v) is 3.46. The van der Waals surface area contributed by atoms with Gasteiger partial charge in [-0.3, -0.25) is 4.79 Å². The summed E-state index contributed by atoms with van der Waals surface area (Å²) in [6, 6.07) is 0. The van der Waals surface area contributed by atoms with Crippen molar-refractivity contribution in [2.75, 3.05) is 72.5 Å². The Morgan fingerprint density at radius 3 is 1.88 bits per heavy atom. The number of nitrogens with one attached hydrogen (secondary N) is 2. The summed E-state index contributed by atoms with van der Waals surface area (Å²) in [6.07, 6.45) is 4.16. The summed E-state index contributed by atoms with van der Waals surface area (Å²) in [5.74, 6) is 0.0823. The molecule has 1 amide bonds. The summed E-state index contributed by atoms with van der Waals surface area (Å²) < 4.78 is 21.7. The van der Waals surface area contributed by atoms with E-state index in [0.29, 0.717) is 52.6 Å². The predicted octanol–water partition coefficient (Wildman–Crippen LogP) is 2.24. The van der Waals surface area contributed by atoms with Crippen molar-refractivity contribution < 1.29 is 26.6 Å². The van der Waals surface area contributed by atoms with E-state index in [9.17, 15) is 4.79 Å². The first-order valence-corrected chi connectivity index (χ1v) is 10.1. The Morgan fingerprint density at radius 2 is 1.27 bits per heavy atom. The summed E-state index contributed by atoms with van der Waals surface area (Å²) in [4.78, 5) is 11.6. The molecule has 0 aromatic carbocycles. The highest BCUT2D eigenvalue weighted by Gasteiger charge is 2.00. The summed E-state index contributed by atoms with van der Waals surface area (Å²) >= 11 is 0. The quantitative estimate of drug-likeness (QED) is 0.297. The minimum absolute atomic E-state index is 0. The van der Waals surface area contributed by atoms with Gasteiger partial charge in [-0.2, -0.15) is 0 Å². The molecule has 0 atom stereocenters. The number of hydrogen-bond donors (Lipinski definition) is 2. The van der Waals surface area contributed by atoms with Gasteiger partial charge in [-0.1, -0.05) is 13.8 Å². The van der Waals surface area contributed by atoms with Crippen LogP contribution in [-0.4, -0.2) is 78.4 Å². The highest BCUT2D eigenvalue weighted by atomic mass is 16.5. The maximum atomic E-state index is 11.6. The predicted molar refractivity (Wildman–Crippen MR) is 108 cm³/mol. The second-order valence-corrected chi connectivity index (χ2v) is 5.96. The summed E-state index contributed by atoms with van der Waals surface area (Å²) in [7, 11) is 0. The molecule has 0 aliphatic rings. The fraction of sp³-hybridized carbons (Fsp3) is 0.947. The molecule has 0 spiro atoms. The van der Waals surface area contributed by atoms with Crippen molar-refractivity contribution >= 4 is 5.91 Å². The molecule has 0 aliphatic carbocycles. The Morgan fingerprint density at radius 1 is 0.731 bits per heavy atom. The van der Waals surface area contributed by atoms with E-state index in [-0.39, 0.29) is 8.76 Å². The molecular weight excluding hydrogens is 336 g/mol. The van der Waals surface area contributed by atoms with Crippen LogP contribution in [0.4, 0.5) is 0 Å². The molecule has 0 aromatic rings.